The molecule has 0 saturated carbocycles. The lowest BCUT2D eigenvalue weighted by Crippen LogP contribution is -2.40. The fraction of sp³-hybridized carbons (Fsp3) is 0.500. The van der Waals surface area contributed by atoms with E-state index in [1.165, 1.54) is 0 Å². The molecule has 0 aromatic heterocycles. The van der Waals surface area contributed by atoms with Crippen LogP contribution >= 0.6 is 0 Å². The minimum Gasteiger partial charge on any atom is -0.384 e. The Kier molecular flexibility index (Phi) is 3.36. The van der Waals surface area contributed by atoms with Crippen molar-refractivity contribution in [3.8, 4) is 0 Å². The molecule has 1 N–H and O–H groups in total. The van der Waals surface area contributed by atoms with Crippen molar-refractivity contribution in [2.45, 2.75) is 32.7 Å². The van der Waals surface area contributed by atoms with Crippen LogP contribution in [0.5, 0.6) is 0 Å². The number of likely N-dealkylation sites (N-methyl/N-ethyl adjacent to an activating group) is 1. The van der Waals surface area contributed by atoms with E-state index >= 15 is 0 Å². The van der Waals surface area contributed by atoms with Gasteiger partial charge in [-0.2, -0.15) is 0 Å². The molecule has 17 heavy (non-hydrogen) atoms. The predicted octanol–water partition coefficient (Wildman–Crippen LogP) is 2.45. The number of rotatable bonds is 3. The highest BCUT2D eigenvalue weighted by Gasteiger charge is 2.31. The van der Waals surface area contributed by atoms with E-state index in [0.29, 0.717) is 0 Å². The summed E-state index contributed by atoms with van der Waals surface area (Å²) in [4.78, 5) is 14.4. The Morgan fingerprint density at radius 1 is 1.47 bits per heavy atom. The second kappa shape index (κ2) is 4.78. The first-order valence-corrected chi connectivity index (χ1v) is 6.28. The smallest absolute Gasteiger partial charge is 0.232 e. The molecule has 1 unspecified atom stereocenters. The highest BCUT2D eigenvalue weighted by molar-refractivity contribution is 5.88. The lowest BCUT2D eigenvalue weighted by Gasteiger charge is -2.28. The molecule has 1 aromatic carbocycles. The molecular formula is C14H20N2O. The topological polar surface area (TPSA) is 32.3 Å². The lowest BCUT2D eigenvalue weighted by molar-refractivity contribution is -0.133. The Balaban J connectivity index is 2.23. The van der Waals surface area contributed by atoms with E-state index in [0.717, 1.165) is 24.3 Å². The van der Waals surface area contributed by atoms with Crippen LogP contribution < -0.4 is 5.32 Å². The lowest BCUT2D eigenvalue weighted by atomic mass is 9.99. The third kappa shape index (κ3) is 2.14. The van der Waals surface area contributed by atoms with Gasteiger partial charge in [0.05, 0.1) is 5.92 Å². The Bertz CT molecular complexity index is 414. The van der Waals surface area contributed by atoms with Crippen LogP contribution in [-0.2, 0) is 4.79 Å². The number of fused-ring (bicyclic) bond motifs is 1. The van der Waals surface area contributed by atoms with E-state index < -0.39 is 0 Å². The Morgan fingerprint density at radius 3 is 2.82 bits per heavy atom. The zero-order valence-corrected chi connectivity index (χ0v) is 10.7. The van der Waals surface area contributed by atoms with Crippen LogP contribution in [0.4, 0.5) is 5.69 Å². The van der Waals surface area contributed by atoms with Crippen molar-refractivity contribution in [3.63, 3.8) is 0 Å². The summed E-state index contributed by atoms with van der Waals surface area (Å²) in [6.45, 7) is 7.66. The summed E-state index contributed by atoms with van der Waals surface area (Å²) in [6.07, 6.45) is 0. The van der Waals surface area contributed by atoms with E-state index in [-0.39, 0.29) is 17.9 Å². The molecular weight excluding hydrogens is 212 g/mol. The second-order valence-corrected chi connectivity index (χ2v) is 4.74. The third-order valence-electron chi connectivity index (χ3n) is 3.38. The first kappa shape index (κ1) is 12.0. The Labute approximate surface area is 103 Å². The quantitative estimate of drug-likeness (QED) is 0.868. The van der Waals surface area contributed by atoms with Gasteiger partial charge in [-0.05, 0) is 32.4 Å². The van der Waals surface area contributed by atoms with Gasteiger partial charge in [0.15, 0.2) is 0 Å². The van der Waals surface area contributed by atoms with Gasteiger partial charge in [0.1, 0.15) is 0 Å². The molecule has 1 aromatic rings. The standard InChI is InChI=1S/C14H20N2O/c1-4-16(10(2)3)14(17)12-9-15-13-8-6-5-7-11(12)13/h5-8,10,12,15H,4,9H2,1-3H3. The van der Waals surface area contributed by atoms with Crippen molar-refractivity contribution < 1.29 is 4.79 Å². The molecule has 3 heteroatoms. The van der Waals surface area contributed by atoms with Crippen LogP contribution in [0.15, 0.2) is 24.3 Å². The molecule has 0 aliphatic carbocycles. The highest BCUT2D eigenvalue weighted by atomic mass is 16.2. The molecule has 1 aliphatic rings. The van der Waals surface area contributed by atoms with Crippen LogP contribution in [-0.4, -0.2) is 29.9 Å². The molecule has 92 valence electrons. The van der Waals surface area contributed by atoms with E-state index in [1.54, 1.807) is 0 Å². The fourth-order valence-electron chi connectivity index (χ4n) is 2.48. The SMILES string of the molecule is CCN(C(=O)C1CNc2ccccc21)C(C)C. The maximum Gasteiger partial charge on any atom is 0.232 e. The Hall–Kier alpha value is -1.51. The van der Waals surface area contributed by atoms with Crippen molar-refractivity contribution in [1.82, 2.24) is 4.90 Å². The average Bonchev–Trinajstić information content (AvgIpc) is 2.72. The van der Waals surface area contributed by atoms with Crippen LogP contribution in [0.25, 0.3) is 0 Å². The molecule has 1 heterocycles. The molecule has 3 nitrogen and oxygen atoms in total. The number of anilines is 1. The van der Waals surface area contributed by atoms with Gasteiger partial charge in [0, 0.05) is 24.8 Å². The molecule has 2 rings (SSSR count). The highest BCUT2D eigenvalue weighted by Crippen LogP contribution is 2.32. The molecule has 0 fully saturated rings. The fourth-order valence-corrected chi connectivity index (χ4v) is 2.48. The number of benzene rings is 1. The van der Waals surface area contributed by atoms with E-state index in [1.807, 2.05) is 36.1 Å². The maximum absolute atomic E-state index is 12.5. The largest absolute Gasteiger partial charge is 0.384 e. The molecule has 1 aliphatic heterocycles. The normalized spacial score (nSPS) is 17.8. The third-order valence-corrected chi connectivity index (χ3v) is 3.38. The molecule has 0 bridgehead atoms. The maximum atomic E-state index is 12.5. The number of nitrogens with zero attached hydrogens (tertiary/aromatic N) is 1. The van der Waals surface area contributed by atoms with Gasteiger partial charge in [0.2, 0.25) is 5.91 Å². The molecule has 1 atom stereocenters. The summed E-state index contributed by atoms with van der Waals surface area (Å²) in [7, 11) is 0. The number of hydrogen-bond acceptors (Lipinski definition) is 2. The van der Waals surface area contributed by atoms with Crippen molar-refractivity contribution >= 4 is 11.6 Å². The monoisotopic (exact) mass is 232 g/mol. The van der Waals surface area contributed by atoms with Crippen LogP contribution in [0, 0.1) is 0 Å². The zero-order chi connectivity index (χ0) is 12.4. The number of carbonyl (C=O) groups is 1. The molecule has 0 spiro atoms. The number of para-hydroxylation sites is 1. The van der Waals surface area contributed by atoms with Crippen LogP contribution in [0.2, 0.25) is 0 Å². The van der Waals surface area contributed by atoms with Crippen molar-refractivity contribution in [1.29, 1.82) is 0 Å². The first-order valence-electron chi connectivity index (χ1n) is 6.28. The van der Waals surface area contributed by atoms with Crippen molar-refractivity contribution in [2.75, 3.05) is 18.4 Å². The predicted molar refractivity (Wildman–Crippen MR) is 70.2 cm³/mol. The first-order chi connectivity index (χ1) is 8.15. The van der Waals surface area contributed by atoms with Gasteiger partial charge in [-0.1, -0.05) is 18.2 Å². The summed E-state index contributed by atoms with van der Waals surface area (Å²) in [5, 5.41) is 3.30. The van der Waals surface area contributed by atoms with Crippen molar-refractivity contribution in [3.05, 3.63) is 29.8 Å². The summed E-state index contributed by atoms with van der Waals surface area (Å²) in [5.74, 6) is 0.216. The number of hydrogen-bond donors (Lipinski definition) is 1. The van der Waals surface area contributed by atoms with E-state index in [4.69, 9.17) is 0 Å². The number of nitrogens with one attached hydrogen (secondary N) is 1. The van der Waals surface area contributed by atoms with E-state index in [9.17, 15) is 4.79 Å². The molecule has 0 radical (unpaired) electrons. The van der Waals surface area contributed by atoms with Crippen molar-refractivity contribution in [2.24, 2.45) is 0 Å². The van der Waals surface area contributed by atoms with Gasteiger partial charge in [-0.3, -0.25) is 4.79 Å². The number of carbonyl (C=O) groups excluding carboxylic acids is 1. The van der Waals surface area contributed by atoms with Crippen LogP contribution in [0.1, 0.15) is 32.3 Å². The molecule has 1 amide bonds. The zero-order valence-electron chi connectivity index (χ0n) is 10.7. The summed E-state index contributed by atoms with van der Waals surface area (Å²) >= 11 is 0. The van der Waals surface area contributed by atoms with Gasteiger partial charge in [0.25, 0.3) is 0 Å². The van der Waals surface area contributed by atoms with Gasteiger partial charge in [-0.25, -0.2) is 0 Å². The number of amides is 1. The average molecular weight is 232 g/mol. The van der Waals surface area contributed by atoms with Gasteiger partial charge < -0.3 is 10.2 Å². The minimum absolute atomic E-state index is 0.0199. The molecule has 0 saturated heterocycles. The summed E-state index contributed by atoms with van der Waals surface area (Å²) in [5.41, 5.74) is 2.24. The summed E-state index contributed by atoms with van der Waals surface area (Å²) < 4.78 is 0. The van der Waals surface area contributed by atoms with Gasteiger partial charge in [-0.15, -0.1) is 0 Å². The second-order valence-electron chi connectivity index (χ2n) is 4.74. The van der Waals surface area contributed by atoms with E-state index in [2.05, 4.69) is 19.2 Å². The Morgan fingerprint density at radius 2 is 2.18 bits per heavy atom. The van der Waals surface area contributed by atoms with Gasteiger partial charge >= 0.3 is 0 Å². The summed E-state index contributed by atoms with van der Waals surface area (Å²) in [6, 6.07) is 8.34. The minimum atomic E-state index is -0.0199. The van der Waals surface area contributed by atoms with Crippen LogP contribution in [0.3, 0.4) is 0 Å².